The second-order valence-electron chi connectivity index (χ2n) is 6.04. The van der Waals surface area contributed by atoms with Crippen LogP contribution in [0.3, 0.4) is 0 Å². The number of phenolic OH excluding ortho intramolecular Hbond substituents is 1. The van der Waals surface area contributed by atoms with Gasteiger partial charge in [0.1, 0.15) is 11.3 Å². The van der Waals surface area contributed by atoms with Crippen molar-refractivity contribution in [2.75, 3.05) is 6.54 Å². The molecule has 26 heavy (non-hydrogen) atoms. The van der Waals surface area contributed by atoms with Crippen molar-refractivity contribution in [3.63, 3.8) is 0 Å². The van der Waals surface area contributed by atoms with E-state index >= 15 is 0 Å². The third-order valence-corrected chi connectivity index (χ3v) is 4.38. The summed E-state index contributed by atoms with van der Waals surface area (Å²) in [6.07, 6.45) is 1.51. The van der Waals surface area contributed by atoms with Crippen molar-refractivity contribution in [1.82, 2.24) is 14.8 Å². The molecule has 1 aromatic heterocycles. The second-order valence-corrected chi connectivity index (χ2v) is 6.04. The van der Waals surface area contributed by atoms with Crippen LogP contribution >= 0.6 is 0 Å². The Hall–Kier alpha value is -3.35. The van der Waals surface area contributed by atoms with Crippen LogP contribution in [0.2, 0.25) is 0 Å². The summed E-state index contributed by atoms with van der Waals surface area (Å²) in [6.45, 7) is 5.64. The van der Waals surface area contributed by atoms with E-state index in [1.54, 1.807) is 31.2 Å². The molecule has 4 amide bonds. The monoisotopic (exact) mass is 353 g/mol. The number of aromatic nitrogens is 1. The molecule has 134 valence electrons. The number of amides is 4. The number of hydrogen-bond donors (Lipinski definition) is 2. The van der Waals surface area contributed by atoms with Gasteiger partial charge in [-0.25, -0.2) is 4.79 Å². The molecule has 2 N–H and O–H groups in total. The molecule has 1 aliphatic heterocycles. The highest BCUT2D eigenvalue weighted by Crippen LogP contribution is 2.25. The van der Waals surface area contributed by atoms with Gasteiger partial charge in [-0.05, 0) is 62.7 Å². The van der Waals surface area contributed by atoms with Crippen LogP contribution in [-0.4, -0.2) is 39.0 Å². The van der Waals surface area contributed by atoms with Crippen molar-refractivity contribution in [2.24, 2.45) is 0 Å². The topological polar surface area (TPSA) is 91.6 Å². The fourth-order valence-corrected chi connectivity index (χ4v) is 3.07. The van der Waals surface area contributed by atoms with Gasteiger partial charge in [-0.3, -0.25) is 19.8 Å². The number of carbonyl (C=O) groups excluding carboxylic acids is 3. The van der Waals surface area contributed by atoms with Crippen LogP contribution in [-0.2, 0) is 9.59 Å². The Bertz CT molecular complexity index is 938. The fraction of sp³-hybridized carbons (Fsp3) is 0.211. The van der Waals surface area contributed by atoms with Gasteiger partial charge in [-0.1, -0.05) is 0 Å². The lowest BCUT2D eigenvalue weighted by atomic mass is 10.1. The number of urea groups is 1. The fourth-order valence-electron chi connectivity index (χ4n) is 3.07. The van der Waals surface area contributed by atoms with Gasteiger partial charge in [0.25, 0.3) is 11.8 Å². The largest absolute Gasteiger partial charge is 0.508 e. The number of aromatic hydroxyl groups is 1. The molecule has 0 atom stereocenters. The number of nitrogens with one attached hydrogen (secondary N) is 1. The van der Waals surface area contributed by atoms with Crippen molar-refractivity contribution in [1.29, 1.82) is 0 Å². The van der Waals surface area contributed by atoms with Crippen LogP contribution in [0.25, 0.3) is 11.8 Å². The molecular weight excluding hydrogens is 334 g/mol. The van der Waals surface area contributed by atoms with Crippen LogP contribution in [0, 0.1) is 13.8 Å². The van der Waals surface area contributed by atoms with Crippen LogP contribution in [0.15, 0.2) is 35.9 Å². The highest BCUT2D eigenvalue weighted by atomic mass is 16.3. The predicted molar refractivity (Wildman–Crippen MR) is 95.8 cm³/mol. The van der Waals surface area contributed by atoms with E-state index in [0.29, 0.717) is 5.56 Å². The molecule has 0 aliphatic carbocycles. The Labute approximate surface area is 150 Å². The van der Waals surface area contributed by atoms with Crippen molar-refractivity contribution in [3.8, 4) is 11.4 Å². The van der Waals surface area contributed by atoms with E-state index < -0.39 is 17.8 Å². The van der Waals surface area contributed by atoms with E-state index in [4.69, 9.17) is 0 Å². The molecule has 2 aromatic rings. The molecule has 7 heteroatoms. The van der Waals surface area contributed by atoms with Gasteiger partial charge in [0.05, 0.1) is 0 Å². The Kier molecular flexibility index (Phi) is 4.38. The van der Waals surface area contributed by atoms with Crippen molar-refractivity contribution < 1.29 is 19.5 Å². The number of hydrogen-bond acceptors (Lipinski definition) is 4. The van der Waals surface area contributed by atoms with Crippen molar-refractivity contribution in [2.45, 2.75) is 20.8 Å². The lowest BCUT2D eigenvalue weighted by Gasteiger charge is -2.24. The first-order chi connectivity index (χ1) is 12.3. The number of barbiturate groups is 1. The standard InChI is InChI=1S/C19H19N3O4/c1-4-21-18(25)16(17(24)20-19(21)26)10-13-9-11(2)22(12(13)3)14-5-7-15(23)8-6-14/h5-10,23H,4H2,1-3H3,(H,20,24,26)/b16-10-. The summed E-state index contributed by atoms with van der Waals surface area (Å²) < 4.78 is 1.96. The van der Waals surface area contributed by atoms with E-state index in [1.165, 1.54) is 6.08 Å². The number of phenols is 1. The number of nitrogens with zero attached hydrogens (tertiary/aromatic N) is 2. The van der Waals surface area contributed by atoms with E-state index in [9.17, 15) is 19.5 Å². The maximum absolute atomic E-state index is 12.4. The molecule has 0 bridgehead atoms. The Morgan fingerprint density at radius 1 is 1.12 bits per heavy atom. The molecule has 7 nitrogen and oxygen atoms in total. The smallest absolute Gasteiger partial charge is 0.331 e. The zero-order valence-electron chi connectivity index (χ0n) is 14.7. The average molecular weight is 353 g/mol. The molecule has 1 aliphatic rings. The zero-order chi connectivity index (χ0) is 19.0. The van der Waals surface area contributed by atoms with Crippen molar-refractivity contribution in [3.05, 3.63) is 52.9 Å². The van der Waals surface area contributed by atoms with Gasteiger partial charge < -0.3 is 9.67 Å². The summed E-state index contributed by atoms with van der Waals surface area (Å²) in [7, 11) is 0. The normalized spacial score (nSPS) is 16.3. The minimum absolute atomic E-state index is 0.0718. The molecular formula is C19H19N3O4. The maximum Gasteiger partial charge on any atom is 0.331 e. The molecule has 1 aromatic carbocycles. The Morgan fingerprint density at radius 2 is 1.77 bits per heavy atom. The molecule has 0 unspecified atom stereocenters. The number of benzene rings is 1. The minimum Gasteiger partial charge on any atom is -0.508 e. The lowest BCUT2D eigenvalue weighted by Crippen LogP contribution is -2.53. The maximum atomic E-state index is 12.4. The first kappa shape index (κ1) is 17.5. The third kappa shape index (κ3) is 2.88. The summed E-state index contributed by atoms with van der Waals surface area (Å²) in [4.78, 5) is 37.2. The van der Waals surface area contributed by atoms with E-state index in [1.807, 2.05) is 24.5 Å². The zero-order valence-corrected chi connectivity index (χ0v) is 14.7. The average Bonchev–Trinajstić information content (AvgIpc) is 2.86. The highest BCUT2D eigenvalue weighted by molar-refractivity contribution is 6.31. The van der Waals surface area contributed by atoms with Gasteiger partial charge in [0, 0.05) is 23.6 Å². The van der Waals surface area contributed by atoms with E-state index in [2.05, 4.69) is 5.32 Å². The molecule has 0 saturated carbocycles. The molecule has 1 saturated heterocycles. The van der Waals surface area contributed by atoms with Crippen LogP contribution in [0.1, 0.15) is 23.9 Å². The first-order valence-corrected chi connectivity index (χ1v) is 8.20. The molecule has 1 fully saturated rings. The number of carbonyl (C=O) groups is 3. The summed E-state index contributed by atoms with van der Waals surface area (Å²) in [5.41, 5.74) is 3.23. The molecule has 0 radical (unpaired) electrons. The second kappa shape index (κ2) is 6.51. The quantitative estimate of drug-likeness (QED) is 0.654. The van der Waals surface area contributed by atoms with Gasteiger partial charge >= 0.3 is 6.03 Å². The number of aryl methyl sites for hydroxylation is 1. The first-order valence-electron chi connectivity index (χ1n) is 8.20. The number of likely N-dealkylation sites (N-methyl/N-ethyl adjacent to an activating group) is 1. The summed E-state index contributed by atoms with van der Waals surface area (Å²) >= 11 is 0. The lowest BCUT2D eigenvalue weighted by molar-refractivity contribution is -0.129. The van der Waals surface area contributed by atoms with Crippen LogP contribution in [0.4, 0.5) is 4.79 Å². The third-order valence-electron chi connectivity index (χ3n) is 4.38. The van der Waals surface area contributed by atoms with Gasteiger partial charge in [-0.2, -0.15) is 0 Å². The molecule has 3 rings (SSSR count). The van der Waals surface area contributed by atoms with E-state index in [0.717, 1.165) is 22.0 Å². The Morgan fingerprint density at radius 3 is 2.38 bits per heavy atom. The summed E-state index contributed by atoms with van der Waals surface area (Å²) in [5, 5.41) is 11.6. The van der Waals surface area contributed by atoms with Crippen LogP contribution < -0.4 is 5.32 Å². The molecule has 2 heterocycles. The predicted octanol–water partition coefficient (Wildman–Crippen LogP) is 2.28. The van der Waals surface area contributed by atoms with E-state index in [-0.39, 0.29) is 17.9 Å². The Balaban J connectivity index is 2.05. The number of imide groups is 2. The number of rotatable bonds is 3. The highest BCUT2D eigenvalue weighted by Gasteiger charge is 2.34. The van der Waals surface area contributed by atoms with Gasteiger partial charge in [0.2, 0.25) is 0 Å². The van der Waals surface area contributed by atoms with Gasteiger partial charge in [-0.15, -0.1) is 0 Å². The summed E-state index contributed by atoms with van der Waals surface area (Å²) in [6, 6.07) is 7.91. The van der Waals surface area contributed by atoms with Crippen LogP contribution in [0.5, 0.6) is 5.75 Å². The summed E-state index contributed by atoms with van der Waals surface area (Å²) in [5.74, 6) is -1.12. The molecule has 0 spiro atoms. The minimum atomic E-state index is -0.700. The van der Waals surface area contributed by atoms with Gasteiger partial charge in [0.15, 0.2) is 0 Å². The van der Waals surface area contributed by atoms with Crippen molar-refractivity contribution >= 4 is 23.9 Å². The SMILES string of the molecule is CCN1C(=O)NC(=O)/C(=C/c2cc(C)n(-c3ccc(O)cc3)c2C)C1=O.